The highest BCUT2D eigenvalue weighted by molar-refractivity contribution is 9.10. The lowest BCUT2D eigenvalue weighted by atomic mass is 9.80. The quantitative estimate of drug-likeness (QED) is 0.785. The van der Waals surface area contributed by atoms with Crippen molar-refractivity contribution in [1.82, 2.24) is 5.32 Å². The maximum absolute atomic E-state index is 11.9. The van der Waals surface area contributed by atoms with Crippen molar-refractivity contribution in [3.05, 3.63) is 28.2 Å². The molecule has 20 heavy (non-hydrogen) atoms. The Balaban J connectivity index is 2.01. The van der Waals surface area contributed by atoms with Gasteiger partial charge >= 0.3 is 12.0 Å². The number of rotatable bonds is 4. The highest BCUT2D eigenvalue weighted by atomic mass is 79.9. The van der Waals surface area contributed by atoms with Gasteiger partial charge in [-0.1, -0.05) is 22.4 Å². The van der Waals surface area contributed by atoms with Crippen molar-refractivity contribution >= 4 is 33.6 Å². The molecule has 0 heterocycles. The van der Waals surface area contributed by atoms with Crippen molar-refractivity contribution in [3.8, 4) is 0 Å². The lowest BCUT2D eigenvalue weighted by Gasteiger charge is -2.31. The van der Waals surface area contributed by atoms with Gasteiger partial charge in [0.15, 0.2) is 0 Å². The van der Waals surface area contributed by atoms with Gasteiger partial charge < -0.3 is 15.7 Å². The van der Waals surface area contributed by atoms with Gasteiger partial charge in [0.05, 0.1) is 11.3 Å². The SMILES string of the molecule is CC(NC(=O)Nc1ccc(Br)cc1C(=O)O)C1CCC1. The second kappa shape index (κ2) is 6.26. The van der Waals surface area contributed by atoms with Crippen LogP contribution < -0.4 is 10.6 Å². The Hall–Kier alpha value is -1.56. The number of urea groups is 1. The van der Waals surface area contributed by atoms with E-state index in [1.54, 1.807) is 12.1 Å². The van der Waals surface area contributed by atoms with Gasteiger partial charge in [0, 0.05) is 10.5 Å². The second-order valence-electron chi connectivity index (χ2n) is 5.07. The van der Waals surface area contributed by atoms with Crippen molar-refractivity contribution in [2.24, 2.45) is 5.92 Å². The lowest BCUT2D eigenvalue weighted by molar-refractivity contribution is 0.0698. The van der Waals surface area contributed by atoms with Crippen molar-refractivity contribution in [2.45, 2.75) is 32.2 Å². The first-order valence-corrected chi connectivity index (χ1v) is 7.37. The maximum Gasteiger partial charge on any atom is 0.337 e. The van der Waals surface area contributed by atoms with Gasteiger partial charge in [0.1, 0.15) is 0 Å². The van der Waals surface area contributed by atoms with Crippen molar-refractivity contribution in [1.29, 1.82) is 0 Å². The van der Waals surface area contributed by atoms with Gasteiger partial charge in [0.2, 0.25) is 0 Å². The molecule has 6 heteroatoms. The van der Waals surface area contributed by atoms with Crippen LogP contribution in [0, 0.1) is 5.92 Å². The van der Waals surface area contributed by atoms with Crippen LogP contribution in [0.2, 0.25) is 0 Å². The van der Waals surface area contributed by atoms with E-state index in [0.717, 1.165) is 12.8 Å². The molecule has 1 aromatic rings. The summed E-state index contributed by atoms with van der Waals surface area (Å²) in [6.07, 6.45) is 3.49. The summed E-state index contributed by atoms with van der Waals surface area (Å²) in [5, 5.41) is 14.6. The van der Waals surface area contributed by atoms with E-state index in [-0.39, 0.29) is 17.6 Å². The van der Waals surface area contributed by atoms with Crippen LogP contribution in [0.25, 0.3) is 0 Å². The smallest absolute Gasteiger partial charge is 0.337 e. The molecular formula is C14H17BrN2O3. The Morgan fingerprint density at radius 1 is 1.40 bits per heavy atom. The van der Waals surface area contributed by atoms with E-state index in [2.05, 4.69) is 26.6 Å². The van der Waals surface area contributed by atoms with Crippen LogP contribution >= 0.6 is 15.9 Å². The molecule has 2 amide bonds. The standard InChI is InChI=1S/C14H17BrN2O3/c1-8(9-3-2-4-9)16-14(20)17-12-6-5-10(15)7-11(12)13(18)19/h5-9H,2-4H2,1H3,(H,18,19)(H2,16,17,20). The molecule has 2 rings (SSSR count). The summed E-state index contributed by atoms with van der Waals surface area (Å²) in [4.78, 5) is 23.0. The molecular weight excluding hydrogens is 324 g/mol. The number of carbonyl (C=O) groups is 2. The van der Waals surface area contributed by atoms with E-state index >= 15 is 0 Å². The molecule has 0 radical (unpaired) electrons. The predicted molar refractivity (Wildman–Crippen MR) is 80.1 cm³/mol. The number of hydrogen-bond acceptors (Lipinski definition) is 2. The number of amides is 2. The van der Waals surface area contributed by atoms with Crippen LogP contribution in [0.1, 0.15) is 36.5 Å². The molecule has 3 N–H and O–H groups in total. The Bertz CT molecular complexity index is 529. The third-order valence-corrected chi connectivity index (χ3v) is 4.17. The highest BCUT2D eigenvalue weighted by Crippen LogP contribution is 2.29. The Morgan fingerprint density at radius 3 is 2.65 bits per heavy atom. The van der Waals surface area contributed by atoms with Gasteiger partial charge in [-0.2, -0.15) is 0 Å². The van der Waals surface area contributed by atoms with Gasteiger partial charge in [0.25, 0.3) is 0 Å². The van der Waals surface area contributed by atoms with Gasteiger partial charge in [-0.15, -0.1) is 0 Å². The molecule has 1 unspecified atom stereocenters. The third-order valence-electron chi connectivity index (χ3n) is 3.68. The van der Waals surface area contributed by atoms with E-state index in [1.165, 1.54) is 12.5 Å². The van der Waals surface area contributed by atoms with E-state index < -0.39 is 5.97 Å². The summed E-state index contributed by atoms with van der Waals surface area (Å²) >= 11 is 3.22. The summed E-state index contributed by atoms with van der Waals surface area (Å²) < 4.78 is 0.656. The van der Waals surface area contributed by atoms with E-state index in [9.17, 15) is 9.59 Å². The molecule has 1 aromatic carbocycles. The first-order valence-electron chi connectivity index (χ1n) is 6.57. The molecule has 1 fully saturated rings. The van der Waals surface area contributed by atoms with Gasteiger partial charge in [-0.3, -0.25) is 0 Å². The number of hydrogen-bond donors (Lipinski definition) is 3. The zero-order valence-corrected chi connectivity index (χ0v) is 12.7. The van der Waals surface area contributed by atoms with Crippen molar-refractivity contribution in [3.63, 3.8) is 0 Å². The summed E-state index contributed by atoms with van der Waals surface area (Å²) in [7, 11) is 0. The number of nitrogens with one attached hydrogen (secondary N) is 2. The highest BCUT2D eigenvalue weighted by Gasteiger charge is 2.25. The maximum atomic E-state index is 11.9. The molecule has 0 aromatic heterocycles. The van der Waals surface area contributed by atoms with E-state index in [0.29, 0.717) is 16.1 Å². The molecule has 0 spiro atoms. The molecule has 1 aliphatic carbocycles. The molecule has 5 nitrogen and oxygen atoms in total. The second-order valence-corrected chi connectivity index (χ2v) is 5.99. The Morgan fingerprint density at radius 2 is 2.10 bits per heavy atom. The number of carbonyl (C=O) groups excluding carboxylic acids is 1. The average molecular weight is 341 g/mol. The van der Waals surface area contributed by atoms with Crippen molar-refractivity contribution < 1.29 is 14.7 Å². The normalized spacial score (nSPS) is 16.1. The van der Waals surface area contributed by atoms with E-state index in [4.69, 9.17) is 5.11 Å². The van der Waals surface area contributed by atoms with Crippen LogP contribution in [-0.4, -0.2) is 23.1 Å². The number of halogens is 1. The van der Waals surface area contributed by atoms with Crippen LogP contribution in [0.4, 0.5) is 10.5 Å². The summed E-state index contributed by atoms with van der Waals surface area (Å²) in [5.41, 5.74) is 0.352. The Labute approximate surface area is 125 Å². The molecule has 0 aliphatic heterocycles. The number of benzene rings is 1. The molecule has 0 saturated heterocycles. The predicted octanol–water partition coefficient (Wildman–Crippen LogP) is 3.46. The summed E-state index contributed by atoms with van der Waals surface area (Å²) in [5.74, 6) is -0.543. The van der Waals surface area contributed by atoms with Crippen LogP contribution in [-0.2, 0) is 0 Å². The summed E-state index contributed by atoms with van der Waals surface area (Å²) in [6.45, 7) is 1.98. The minimum absolute atomic E-state index is 0.0609. The molecule has 108 valence electrons. The molecule has 0 bridgehead atoms. The largest absolute Gasteiger partial charge is 0.478 e. The fraction of sp³-hybridized carbons (Fsp3) is 0.429. The van der Waals surface area contributed by atoms with E-state index in [1.807, 2.05) is 6.92 Å². The first-order chi connectivity index (χ1) is 9.47. The number of anilines is 1. The van der Waals surface area contributed by atoms with Gasteiger partial charge in [-0.25, -0.2) is 9.59 Å². The zero-order valence-electron chi connectivity index (χ0n) is 11.1. The first kappa shape index (κ1) is 14.8. The van der Waals surface area contributed by atoms with Crippen molar-refractivity contribution in [2.75, 3.05) is 5.32 Å². The fourth-order valence-corrected chi connectivity index (χ4v) is 2.59. The minimum Gasteiger partial charge on any atom is -0.478 e. The molecule has 1 atom stereocenters. The average Bonchev–Trinajstić information content (AvgIpc) is 2.28. The third kappa shape index (κ3) is 3.50. The minimum atomic E-state index is -1.08. The monoisotopic (exact) mass is 340 g/mol. The molecule has 1 saturated carbocycles. The summed E-state index contributed by atoms with van der Waals surface area (Å²) in [6, 6.07) is 4.47. The topological polar surface area (TPSA) is 78.4 Å². The zero-order chi connectivity index (χ0) is 14.7. The van der Waals surface area contributed by atoms with Crippen LogP contribution in [0.3, 0.4) is 0 Å². The van der Waals surface area contributed by atoms with Crippen LogP contribution in [0.5, 0.6) is 0 Å². The number of carboxylic acids is 1. The Kier molecular flexibility index (Phi) is 4.65. The number of carboxylic acid groups (broad SMARTS) is 1. The number of aromatic carboxylic acids is 1. The molecule has 1 aliphatic rings. The fourth-order valence-electron chi connectivity index (χ4n) is 2.23. The van der Waals surface area contributed by atoms with Crippen LogP contribution in [0.15, 0.2) is 22.7 Å². The lowest BCUT2D eigenvalue weighted by Crippen LogP contribution is -2.42. The van der Waals surface area contributed by atoms with Gasteiger partial charge in [-0.05, 0) is 43.9 Å².